The van der Waals surface area contributed by atoms with Crippen molar-refractivity contribution in [1.82, 2.24) is 19.5 Å². The van der Waals surface area contributed by atoms with Gasteiger partial charge in [0.25, 0.3) is 0 Å². The zero-order chi connectivity index (χ0) is 49.7. The van der Waals surface area contributed by atoms with Crippen LogP contribution in [0.25, 0.3) is 70.8 Å². The molecule has 1 radical (unpaired) electrons. The van der Waals surface area contributed by atoms with E-state index in [4.69, 9.17) is 16.8 Å². The molecule has 0 amide bonds. The van der Waals surface area contributed by atoms with Crippen LogP contribution >= 0.6 is 11.3 Å². The van der Waals surface area contributed by atoms with Crippen LogP contribution in [0, 0.1) is 31.8 Å². The minimum absolute atomic E-state index is 0. The molecule has 0 unspecified atom stereocenters. The molecule has 4 nitrogen and oxygen atoms in total. The maximum atomic E-state index is 9.03. The summed E-state index contributed by atoms with van der Waals surface area (Å²) in [5.74, 6) is 1.59. The van der Waals surface area contributed by atoms with E-state index < -0.39 is 21.3 Å². The van der Waals surface area contributed by atoms with Crippen LogP contribution in [0.2, 0.25) is 19.6 Å². The molecule has 9 aromatic rings. The van der Waals surface area contributed by atoms with Crippen LogP contribution in [0.1, 0.15) is 106 Å². The molecule has 0 spiro atoms. The van der Waals surface area contributed by atoms with Gasteiger partial charge in [0.15, 0.2) is 0 Å². The summed E-state index contributed by atoms with van der Waals surface area (Å²) < 4.78 is 44.2. The van der Waals surface area contributed by atoms with E-state index in [1.54, 1.807) is 23.5 Å². The number of aromatic nitrogens is 4. The molecule has 66 heavy (non-hydrogen) atoms. The first-order valence-corrected chi connectivity index (χ1v) is 27.6. The van der Waals surface area contributed by atoms with Gasteiger partial charge in [0, 0.05) is 44.5 Å². The molecule has 1 saturated carbocycles. The van der Waals surface area contributed by atoms with Gasteiger partial charge in [-0.25, -0.2) is 4.98 Å². The van der Waals surface area contributed by atoms with Crippen LogP contribution in [0.3, 0.4) is 0 Å². The molecule has 0 atom stereocenters. The summed E-state index contributed by atoms with van der Waals surface area (Å²) in [5.41, 5.74) is 12.9. The molecular weight excluding hydrogens is 1020 g/mol. The van der Waals surface area contributed by atoms with Gasteiger partial charge in [0.2, 0.25) is 0 Å². The summed E-state index contributed by atoms with van der Waals surface area (Å²) in [6, 6.07) is 45.8. The third-order valence-electron chi connectivity index (χ3n) is 12.7. The number of thiophene rings is 1. The molecular formula is C59H62IrN4SSi-2. The maximum Gasteiger partial charge on any atom is 0.113 e. The Balaban J connectivity index is 0.000000200. The monoisotopic (exact) mass is 1080 g/mol. The van der Waals surface area contributed by atoms with Crippen LogP contribution in [0.15, 0.2) is 121 Å². The number of nitrogens with zero attached hydrogens (tertiary/aromatic N) is 4. The number of aryl methyl sites for hydroxylation is 2. The molecule has 7 heteroatoms. The van der Waals surface area contributed by atoms with Crippen molar-refractivity contribution < 1.29 is 27.0 Å². The average Bonchev–Trinajstić information content (AvgIpc) is 3.92. The third-order valence-corrected chi connectivity index (χ3v) is 15.9. The zero-order valence-corrected chi connectivity index (χ0v) is 43.6. The van der Waals surface area contributed by atoms with E-state index in [1.807, 2.05) is 18.3 Å². The standard InChI is InChI=1S/C37H32N3S.C22H30NSi.Ir/c1-22(2)30-20-26(25-12-7-6-8-13-25)21-31(23(3)4)34(30)40-33-17-10-9-16-32(33)39-36(40)29-15-11-14-27-28-19-18-24(5)38-37(28)41-35(27)29;1-17-10-12-19(13-11-17)21-15-20(14-18-8-6-5-7-9-18)22(16-23-21)24(2,3)4;/h6-14,16-23H,1-5H3;10-12,15-16,18H,5-9,14H2,1-4H3;/q2*-1;/i;1D3,14D2;. The van der Waals surface area contributed by atoms with Gasteiger partial charge in [-0.05, 0) is 105 Å². The predicted octanol–water partition coefficient (Wildman–Crippen LogP) is 16.0. The Bertz CT molecular complexity index is 3300. The van der Waals surface area contributed by atoms with Crippen LogP contribution in [0.4, 0.5) is 0 Å². The molecule has 0 saturated heterocycles. The molecule has 1 aliphatic carbocycles. The molecule has 10 rings (SSSR count). The second-order valence-corrected chi connectivity index (χ2v) is 25.3. The van der Waals surface area contributed by atoms with E-state index >= 15 is 0 Å². The van der Waals surface area contributed by atoms with Gasteiger partial charge in [0.1, 0.15) is 4.83 Å². The summed E-state index contributed by atoms with van der Waals surface area (Å²) in [6.07, 6.45) is 5.68. The van der Waals surface area contributed by atoms with Crippen molar-refractivity contribution in [3.05, 3.63) is 162 Å². The number of imidazole rings is 1. The summed E-state index contributed by atoms with van der Waals surface area (Å²) >= 11 is 1.74. The van der Waals surface area contributed by atoms with Crippen LogP contribution in [0.5, 0.6) is 0 Å². The first-order valence-electron chi connectivity index (χ1n) is 25.8. The van der Waals surface area contributed by atoms with Gasteiger partial charge in [-0.1, -0.05) is 157 Å². The van der Waals surface area contributed by atoms with Crippen molar-refractivity contribution in [2.45, 2.75) is 111 Å². The number of pyridine rings is 2. The van der Waals surface area contributed by atoms with Crippen LogP contribution < -0.4 is 5.19 Å². The number of hydrogen-bond donors (Lipinski definition) is 0. The van der Waals surface area contributed by atoms with Gasteiger partial charge >= 0.3 is 0 Å². The van der Waals surface area contributed by atoms with Gasteiger partial charge in [-0.3, -0.25) is 4.98 Å². The molecule has 1 aliphatic rings. The van der Waals surface area contributed by atoms with E-state index in [9.17, 15) is 0 Å². The zero-order valence-electron chi connectivity index (χ0n) is 44.3. The maximum absolute atomic E-state index is 9.03. The summed E-state index contributed by atoms with van der Waals surface area (Å²) in [7, 11) is -1.80. The van der Waals surface area contributed by atoms with Crippen LogP contribution in [-0.2, 0) is 26.5 Å². The molecule has 4 heterocycles. The Morgan fingerprint density at radius 2 is 1.53 bits per heavy atom. The van der Waals surface area contributed by atoms with E-state index in [0.29, 0.717) is 23.1 Å². The second-order valence-electron chi connectivity index (χ2n) is 19.3. The summed E-state index contributed by atoms with van der Waals surface area (Å²) in [6.45, 7) is 15.7. The minimum atomic E-state index is -2.16. The molecule has 1 fully saturated rings. The average molecular weight is 1080 g/mol. The first-order chi connectivity index (χ1) is 33.3. The smallest absolute Gasteiger partial charge is 0.113 e. The Hall–Kier alpha value is -5.04. The number of fused-ring (bicyclic) bond motifs is 4. The van der Waals surface area contributed by atoms with E-state index in [1.165, 1.54) is 55.9 Å². The Kier molecular flexibility index (Phi) is 12.5. The molecule has 339 valence electrons. The summed E-state index contributed by atoms with van der Waals surface area (Å²) in [4.78, 5) is 15.8. The van der Waals surface area contributed by atoms with Crippen molar-refractivity contribution in [2.75, 3.05) is 0 Å². The van der Waals surface area contributed by atoms with Crippen molar-refractivity contribution >= 4 is 55.9 Å². The molecule has 0 N–H and O–H groups in total. The van der Waals surface area contributed by atoms with Gasteiger partial charge < -0.3 is 9.55 Å². The van der Waals surface area contributed by atoms with Gasteiger partial charge in [-0.15, -0.1) is 53.6 Å². The quantitative estimate of drug-likeness (QED) is 0.107. The van der Waals surface area contributed by atoms with Crippen molar-refractivity contribution in [1.29, 1.82) is 0 Å². The number of rotatable bonds is 9. The molecule has 5 aromatic carbocycles. The van der Waals surface area contributed by atoms with E-state index in [-0.39, 0.29) is 31.6 Å². The summed E-state index contributed by atoms with van der Waals surface area (Å²) in [5, 5.41) is 3.46. The fourth-order valence-electron chi connectivity index (χ4n) is 9.29. The Labute approximate surface area is 418 Å². The SMILES string of the molecule is Cc1ccc2c(n1)sc1c(-c3nc4ccccc4n3-c3c(C(C)C)cc(-c4ccccc4)cc3C(C)C)[c-]ccc12.[2H]C([2H])([2H])c1c[c-]c(-c2cc(C([2H])([2H])C3CCCCC3)c([Si](C)(C)C)cn2)cc1.[Ir]. The minimum Gasteiger partial charge on any atom is -0.333 e. The normalized spacial score (nSPS) is 14.9. The number of hydrogen-bond acceptors (Lipinski definition) is 4. The van der Waals surface area contributed by atoms with Crippen molar-refractivity contribution in [3.8, 4) is 39.5 Å². The van der Waals surface area contributed by atoms with E-state index in [0.717, 1.165) is 69.4 Å². The van der Waals surface area contributed by atoms with Crippen molar-refractivity contribution in [3.63, 3.8) is 0 Å². The topological polar surface area (TPSA) is 43.6 Å². The number of benzene rings is 5. The van der Waals surface area contributed by atoms with Gasteiger partial charge in [0.05, 0.1) is 24.9 Å². The fourth-order valence-corrected chi connectivity index (χ4v) is 11.9. The predicted molar refractivity (Wildman–Crippen MR) is 281 cm³/mol. The molecule has 0 aliphatic heterocycles. The van der Waals surface area contributed by atoms with Crippen molar-refractivity contribution in [2.24, 2.45) is 5.92 Å². The molecule has 4 aromatic heterocycles. The third kappa shape index (κ3) is 9.83. The van der Waals surface area contributed by atoms with Gasteiger partial charge in [-0.2, -0.15) is 11.3 Å². The van der Waals surface area contributed by atoms with Crippen LogP contribution in [-0.4, -0.2) is 27.6 Å². The fraction of sp³-hybridized carbons (Fsp3) is 0.305. The Morgan fingerprint density at radius 3 is 2.21 bits per heavy atom. The van der Waals surface area contributed by atoms with E-state index in [2.05, 4.69) is 161 Å². The second kappa shape index (κ2) is 20.0. The Morgan fingerprint density at radius 1 is 0.803 bits per heavy atom. The number of para-hydroxylation sites is 2. The largest absolute Gasteiger partial charge is 0.333 e. The molecule has 0 bridgehead atoms. The first kappa shape index (κ1) is 41.2.